The van der Waals surface area contributed by atoms with Crippen LogP contribution in [0.5, 0.6) is 0 Å². The predicted octanol–water partition coefficient (Wildman–Crippen LogP) is 1.93. The van der Waals surface area contributed by atoms with Gasteiger partial charge in [-0.2, -0.15) is 0 Å². The molecule has 2 aromatic carbocycles. The van der Waals surface area contributed by atoms with Crippen molar-refractivity contribution in [3.63, 3.8) is 0 Å². The molecule has 20 heavy (non-hydrogen) atoms. The monoisotopic (exact) mass is 293 g/mol. The van der Waals surface area contributed by atoms with Crippen LogP contribution in [0.4, 0.5) is 0 Å². The third-order valence-corrected chi connectivity index (χ3v) is 4.99. The standard InChI is InChI=1S/C14H15NO4S/c1-15(10-9-14(16)17)20(18,19)13-8-4-6-11-5-2-3-7-12(11)13/h2-8H,9-10H2,1H3,(H,16,17). The van der Waals surface area contributed by atoms with Crippen LogP contribution in [-0.2, 0) is 14.8 Å². The summed E-state index contributed by atoms with van der Waals surface area (Å²) in [7, 11) is -2.30. The van der Waals surface area contributed by atoms with E-state index < -0.39 is 16.0 Å². The number of fused-ring (bicyclic) bond motifs is 1. The van der Waals surface area contributed by atoms with E-state index in [-0.39, 0.29) is 17.9 Å². The maximum atomic E-state index is 12.5. The van der Waals surface area contributed by atoms with Gasteiger partial charge >= 0.3 is 5.97 Å². The lowest BCUT2D eigenvalue weighted by atomic mass is 10.1. The van der Waals surface area contributed by atoms with Gasteiger partial charge in [0.2, 0.25) is 10.0 Å². The Hall–Kier alpha value is -1.92. The molecule has 0 bridgehead atoms. The Bertz CT molecular complexity index is 734. The Morgan fingerprint density at radius 3 is 2.50 bits per heavy atom. The average Bonchev–Trinajstić information content (AvgIpc) is 2.43. The molecule has 0 unspecified atom stereocenters. The van der Waals surface area contributed by atoms with Gasteiger partial charge in [0.15, 0.2) is 0 Å². The number of sulfonamides is 1. The number of aliphatic carboxylic acids is 1. The van der Waals surface area contributed by atoms with E-state index in [1.54, 1.807) is 18.2 Å². The number of carboxylic acid groups (broad SMARTS) is 1. The van der Waals surface area contributed by atoms with Gasteiger partial charge in [0.05, 0.1) is 11.3 Å². The first kappa shape index (κ1) is 14.5. The fourth-order valence-corrected chi connectivity index (χ4v) is 3.34. The van der Waals surface area contributed by atoms with E-state index >= 15 is 0 Å². The molecule has 0 atom stereocenters. The molecule has 0 heterocycles. The zero-order valence-corrected chi connectivity index (χ0v) is 11.8. The van der Waals surface area contributed by atoms with Gasteiger partial charge in [-0.3, -0.25) is 4.79 Å². The quantitative estimate of drug-likeness (QED) is 0.914. The number of carbonyl (C=O) groups is 1. The molecule has 1 N–H and O–H groups in total. The number of benzene rings is 2. The predicted molar refractivity (Wildman–Crippen MR) is 76.0 cm³/mol. The number of hydrogen-bond acceptors (Lipinski definition) is 3. The molecule has 0 radical (unpaired) electrons. The number of hydrogen-bond donors (Lipinski definition) is 1. The Balaban J connectivity index is 2.44. The Labute approximate surface area is 117 Å². The lowest BCUT2D eigenvalue weighted by Crippen LogP contribution is -2.29. The van der Waals surface area contributed by atoms with Crippen LogP contribution < -0.4 is 0 Å². The fourth-order valence-electron chi connectivity index (χ4n) is 1.96. The summed E-state index contributed by atoms with van der Waals surface area (Å²) in [5.74, 6) is -1.02. The van der Waals surface area contributed by atoms with Crippen molar-refractivity contribution in [3.8, 4) is 0 Å². The van der Waals surface area contributed by atoms with E-state index in [2.05, 4.69) is 0 Å². The van der Waals surface area contributed by atoms with Crippen LogP contribution in [0.3, 0.4) is 0 Å². The molecule has 5 nitrogen and oxygen atoms in total. The van der Waals surface area contributed by atoms with Crippen molar-refractivity contribution in [1.82, 2.24) is 4.31 Å². The van der Waals surface area contributed by atoms with E-state index in [9.17, 15) is 13.2 Å². The largest absolute Gasteiger partial charge is 0.481 e. The van der Waals surface area contributed by atoms with Crippen LogP contribution in [-0.4, -0.2) is 37.4 Å². The highest BCUT2D eigenvalue weighted by molar-refractivity contribution is 7.89. The summed E-state index contributed by atoms with van der Waals surface area (Å²) in [6.45, 7) is -0.0547. The lowest BCUT2D eigenvalue weighted by Gasteiger charge is -2.17. The van der Waals surface area contributed by atoms with Crippen LogP contribution >= 0.6 is 0 Å². The highest BCUT2D eigenvalue weighted by atomic mass is 32.2. The maximum absolute atomic E-state index is 12.5. The van der Waals surface area contributed by atoms with Crippen LogP contribution in [0.25, 0.3) is 10.8 Å². The summed E-state index contributed by atoms with van der Waals surface area (Å²) in [6, 6.07) is 12.3. The molecule has 0 spiro atoms. The number of nitrogens with zero attached hydrogens (tertiary/aromatic N) is 1. The van der Waals surface area contributed by atoms with E-state index in [4.69, 9.17) is 5.11 Å². The molecule has 0 aliphatic carbocycles. The second-order valence-electron chi connectivity index (χ2n) is 4.45. The minimum Gasteiger partial charge on any atom is -0.481 e. The molecule has 0 aliphatic rings. The second kappa shape index (κ2) is 5.60. The van der Waals surface area contributed by atoms with Gasteiger partial charge in [0.25, 0.3) is 0 Å². The van der Waals surface area contributed by atoms with Gasteiger partial charge in [-0.15, -0.1) is 0 Å². The van der Waals surface area contributed by atoms with Crippen molar-refractivity contribution in [1.29, 1.82) is 0 Å². The summed E-state index contributed by atoms with van der Waals surface area (Å²) in [4.78, 5) is 10.8. The normalized spacial score (nSPS) is 11.9. The van der Waals surface area contributed by atoms with Gasteiger partial charge in [0.1, 0.15) is 0 Å². The maximum Gasteiger partial charge on any atom is 0.304 e. The molecule has 2 aromatic rings. The lowest BCUT2D eigenvalue weighted by molar-refractivity contribution is -0.137. The minimum atomic E-state index is -3.69. The SMILES string of the molecule is CN(CCC(=O)O)S(=O)(=O)c1cccc2ccccc12. The topological polar surface area (TPSA) is 74.7 Å². The Kier molecular flexibility index (Phi) is 4.06. The van der Waals surface area contributed by atoms with E-state index in [1.165, 1.54) is 13.1 Å². The van der Waals surface area contributed by atoms with Crippen molar-refractivity contribution in [3.05, 3.63) is 42.5 Å². The van der Waals surface area contributed by atoms with Gasteiger partial charge < -0.3 is 5.11 Å². The summed E-state index contributed by atoms with van der Waals surface area (Å²) in [5.41, 5.74) is 0. The molecule has 6 heteroatoms. The molecule has 0 saturated heterocycles. The summed E-state index contributed by atoms with van der Waals surface area (Å²) < 4.78 is 26.1. The van der Waals surface area contributed by atoms with Gasteiger partial charge in [-0.1, -0.05) is 36.4 Å². The molecule has 106 valence electrons. The zero-order chi connectivity index (χ0) is 14.8. The van der Waals surface area contributed by atoms with Crippen molar-refractivity contribution in [2.45, 2.75) is 11.3 Å². The van der Waals surface area contributed by atoms with Gasteiger partial charge in [0, 0.05) is 19.0 Å². The van der Waals surface area contributed by atoms with Crippen LogP contribution in [0, 0.1) is 0 Å². The second-order valence-corrected chi connectivity index (χ2v) is 6.46. The van der Waals surface area contributed by atoms with Crippen molar-refractivity contribution >= 4 is 26.8 Å². The average molecular weight is 293 g/mol. The molecule has 0 aromatic heterocycles. The van der Waals surface area contributed by atoms with Crippen LogP contribution in [0.1, 0.15) is 6.42 Å². The number of carboxylic acids is 1. The first-order chi connectivity index (χ1) is 9.43. The highest BCUT2D eigenvalue weighted by Gasteiger charge is 2.23. The smallest absolute Gasteiger partial charge is 0.304 e. The van der Waals surface area contributed by atoms with Crippen molar-refractivity contribution in [2.24, 2.45) is 0 Å². The molecular formula is C14H15NO4S. The molecule has 0 aliphatic heterocycles. The van der Waals surface area contributed by atoms with E-state index in [0.29, 0.717) is 5.39 Å². The molecular weight excluding hydrogens is 278 g/mol. The third-order valence-electron chi connectivity index (χ3n) is 3.08. The zero-order valence-electron chi connectivity index (χ0n) is 11.0. The number of rotatable bonds is 5. The van der Waals surface area contributed by atoms with Crippen molar-refractivity contribution < 1.29 is 18.3 Å². The molecule has 2 rings (SSSR count). The summed E-state index contributed by atoms with van der Waals surface area (Å²) in [5, 5.41) is 10.1. The summed E-state index contributed by atoms with van der Waals surface area (Å²) in [6.07, 6.45) is -0.222. The summed E-state index contributed by atoms with van der Waals surface area (Å²) >= 11 is 0. The first-order valence-electron chi connectivity index (χ1n) is 6.09. The van der Waals surface area contributed by atoms with Crippen molar-refractivity contribution in [2.75, 3.05) is 13.6 Å². The molecule has 0 fully saturated rings. The highest BCUT2D eigenvalue weighted by Crippen LogP contribution is 2.25. The van der Waals surface area contributed by atoms with Gasteiger partial charge in [-0.25, -0.2) is 12.7 Å². The van der Waals surface area contributed by atoms with Crippen LogP contribution in [0.2, 0.25) is 0 Å². The fraction of sp³-hybridized carbons (Fsp3) is 0.214. The van der Waals surface area contributed by atoms with E-state index in [1.807, 2.05) is 18.2 Å². The Morgan fingerprint density at radius 1 is 1.15 bits per heavy atom. The molecule has 0 saturated carbocycles. The van der Waals surface area contributed by atoms with Crippen LogP contribution in [0.15, 0.2) is 47.4 Å². The van der Waals surface area contributed by atoms with Gasteiger partial charge in [-0.05, 0) is 11.5 Å². The van der Waals surface area contributed by atoms with E-state index in [0.717, 1.165) is 9.69 Å². The first-order valence-corrected chi connectivity index (χ1v) is 7.53. The minimum absolute atomic E-state index is 0.0547. The Morgan fingerprint density at radius 2 is 1.80 bits per heavy atom. The third kappa shape index (κ3) is 2.81. The molecule has 0 amide bonds.